The minimum atomic E-state index is -0.198. The van der Waals surface area contributed by atoms with Crippen LogP contribution in [-0.4, -0.2) is 26.9 Å². The van der Waals surface area contributed by atoms with Crippen molar-refractivity contribution >= 4 is 11.6 Å². The average molecular weight is 253 g/mol. The summed E-state index contributed by atoms with van der Waals surface area (Å²) in [7, 11) is 3.46. The van der Waals surface area contributed by atoms with Crippen molar-refractivity contribution < 1.29 is 4.74 Å². The van der Waals surface area contributed by atoms with Crippen molar-refractivity contribution in [3.8, 4) is 11.4 Å². The molecule has 2 aromatic rings. The molecule has 0 aromatic carbocycles. The van der Waals surface area contributed by atoms with Gasteiger partial charge >= 0.3 is 0 Å². The van der Waals surface area contributed by atoms with Gasteiger partial charge in [-0.15, -0.1) is 0 Å². The number of aryl methyl sites for hydroxylation is 1. The molecule has 0 amide bonds. The van der Waals surface area contributed by atoms with E-state index < -0.39 is 0 Å². The lowest BCUT2D eigenvalue weighted by molar-refractivity contribution is 0.112. The van der Waals surface area contributed by atoms with Crippen LogP contribution in [0.25, 0.3) is 11.4 Å². The zero-order valence-corrected chi connectivity index (χ0v) is 10.6. The Hall–Kier alpha value is -1.46. The third kappa shape index (κ3) is 2.62. The van der Waals surface area contributed by atoms with Crippen LogP contribution in [0.3, 0.4) is 0 Å². The van der Waals surface area contributed by atoms with Crippen molar-refractivity contribution in [3.05, 3.63) is 29.3 Å². The molecule has 0 aliphatic rings. The van der Waals surface area contributed by atoms with E-state index in [0.717, 1.165) is 5.69 Å². The van der Waals surface area contributed by atoms with Crippen LogP contribution in [0.15, 0.2) is 18.3 Å². The second-order valence-electron chi connectivity index (χ2n) is 3.69. The molecule has 0 fully saturated rings. The predicted octanol–water partition coefficient (Wildman–Crippen LogP) is 2.24. The van der Waals surface area contributed by atoms with Gasteiger partial charge in [0.15, 0.2) is 5.82 Å². The molecular formula is C11H13ClN4O. The summed E-state index contributed by atoms with van der Waals surface area (Å²) >= 11 is 5.97. The molecule has 0 unspecified atom stereocenters. The van der Waals surface area contributed by atoms with Crippen molar-refractivity contribution in [1.82, 2.24) is 19.7 Å². The first-order valence-corrected chi connectivity index (χ1v) is 5.55. The molecule has 0 spiro atoms. The normalized spacial score (nSPS) is 12.7. The van der Waals surface area contributed by atoms with E-state index in [2.05, 4.69) is 15.1 Å². The van der Waals surface area contributed by atoms with Crippen LogP contribution >= 0.6 is 11.6 Å². The van der Waals surface area contributed by atoms with Crippen LogP contribution in [-0.2, 0) is 11.8 Å². The van der Waals surface area contributed by atoms with Gasteiger partial charge in [0.1, 0.15) is 17.0 Å². The van der Waals surface area contributed by atoms with Gasteiger partial charge in [-0.1, -0.05) is 11.6 Å². The van der Waals surface area contributed by atoms with E-state index in [0.29, 0.717) is 16.7 Å². The van der Waals surface area contributed by atoms with Gasteiger partial charge in [-0.05, 0) is 13.0 Å². The number of nitrogens with zero attached hydrogens (tertiary/aromatic N) is 4. The minimum Gasteiger partial charge on any atom is -0.374 e. The maximum Gasteiger partial charge on any atom is 0.159 e. The summed E-state index contributed by atoms with van der Waals surface area (Å²) in [5, 5.41) is 4.66. The van der Waals surface area contributed by atoms with Gasteiger partial charge in [0.25, 0.3) is 0 Å². The maximum atomic E-state index is 5.97. The summed E-state index contributed by atoms with van der Waals surface area (Å²) in [5.41, 5.74) is 1.46. The summed E-state index contributed by atoms with van der Waals surface area (Å²) < 4.78 is 6.89. The van der Waals surface area contributed by atoms with Crippen LogP contribution in [0.2, 0.25) is 5.15 Å². The third-order valence-electron chi connectivity index (χ3n) is 2.41. The SMILES string of the molecule is CO[C@@H](C)c1nc(Cl)cc(-c2ccn(C)n2)n1. The predicted molar refractivity (Wildman–Crippen MR) is 64.7 cm³/mol. The molecule has 0 N–H and O–H groups in total. The fourth-order valence-corrected chi connectivity index (χ4v) is 1.60. The highest BCUT2D eigenvalue weighted by molar-refractivity contribution is 6.29. The smallest absolute Gasteiger partial charge is 0.159 e. The molecule has 0 radical (unpaired) electrons. The molecule has 0 aliphatic heterocycles. The van der Waals surface area contributed by atoms with Gasteiger partial charge in [-0.25, -0.2) is 9.97 Å². The Morgan fingerprint density at radius 3 is 2.71 bits per heavy atom. The Balaban J connectivity index is 2.44. The van der Waals surface area contributed by atoms with E-state index >= 15 is 0 Å². The zero-order chi connectivity index (χ0) is 12.4. The lowest BCUT2D eigenvalue weighted by Crippen LogP contribution is -2.04. The highest BCUT2D eigenvalue weighted by Gasteiger charge is 2.12. The van der Waals surface area contributed by atoms with Gasteiger partial charge in [0.2, 0.25) is 0 Å². The third-order valence-corrected chi connectivity index (χ3v) is 2.60. The first-order valence-electron chi connectivity index (χ1n) is 5.17. The van der Waals surface area contributed by atoms with E-state index in [-0.39, 0.29) is 6.10 Å². The standard InChI is InChI=1S/C11H13ClN4O/c1-7(17-3)11-13-9(6-10(12)14-11)8-4-5-16(2)15-8/h4-7H,1-3H3/t7-/m0/s1. The Labute approximate surface area is 104 Å². The summed E-state index contributed by atoms with van der Waals surface area (Å²) in [5.74, 6) is 0.556. The molecule has 5 nitrogen and oxygen atoms in total. The topological polar surface area (TPSA) is 52.8 Å². The average Bonchev–Trinajstić information content (AvgIpc) is 2.74. The monoisotopic (exact) mass is 252 g/mol. The number of hydrogen-bond donors (Lipinski definition) is 0. The van der Waals surface area contributed by atoms with Gasteiger partial charge in [-0.2, -0.15) is 5.10 Å². The van der Waals surface area contributed by atoms with Crippen LogP contribution in [0, 0.1) is 0 Å². The van der Waals surface area contributed by atoms with Crippen molar-refractivity contribution in [2.45, 2.75) is 13.0 Å². The molecule has 0 bridgehead atoms. The highest BCUT2D eigenvalue weighted by Crippen LogP contribution is 2.21. The van der Waals surface area contributed by atoms with E-state index in [9.17, 15) is 0 Å². The van der Waals surface area contributed by atoms with E-state index in [1.54, 1.807) is 17.9 Å². The van der Waals surface area contributed by atoms with Gasteiger partial charge in [-0.3, -0.25) is 4.68 Å². The molecule has 2 rings (SSSR count). The number of halogens is 1. The molecule has 1 atom stereocenters. The maximum absolute atomic E-state index is 5.97. The van der Waals surface area contributed by atoms with Gasteiger partial charge in [0, 0.05) is 26.4 Å². The van der Waals surface area contributed by atoms with Crippen molar-refractivity contribution in [1.29, 1.82) is 0 Å². The number of aromatic nitrogens is 4. The largest absolute Gasteiger partial charge is 0.374 e. The Morgan fingerprint density at radius 1 is 1.35 bits per heavy atom. The number of ether oxygens (including phenoxy) is 1. The summed E-state index contributed by atoms with van der Waals surface area (Å²) in [6.07, 6.45) is 1.65. The van der Waals surface area contributed by atoms with Crippen LogP contribution in [0.1, 0.15) is 18.9 Å². The number of rotatable bonds is 3. The van der Waals surface area contributed by atoms with Crippen molar-refractivity contribution in [2.75, 3.05) is 7.11 Å². The summed E-state index contributed by atoms with van der Waals surface area (Å²) in [6, 6.07) is 3.57. The van der Waals surface area contributed by atoms with E-state index in [1.807, 2.05) is 26.2 Å². The van der Waals surface area contributed by atoms with Crippen molar-refractivity contribution in [2.24, 2.45) is 7.05 Å². The Morgan fingerprint density at radius 2 is 2.12 bits per heavy atom. The Bertz CT molecular complexity index is 526. The number of hydrogen-bond acceptors (Lipinski definition) is 4. The molecule has 90 valence electrons. The van der Waals surface area contributed by atoms with Crippen LogP contribution < -0.4 is 0 Å². The van der Waals surface area contributed by atoms with Gasteiger partial charge < -0.3 is 4.74 Å². The van der Waals surface area contributed by atoms with Gasteiger partial charge in [0.05, 0.1) is 5.69 Å². The lowest BCUT2D eigenvalue weighted by Gasteiger charge is -2.09. The fraction of sp³-hybridized carbons (Fsp3) is 0.364. The summed E-state index contributed by atoms with van der Waals surface area (Å²) in [6.45, 7) is 1.87. The zero-order valence-electron chi connectivity index (χ0n) is 9.88. The summed E-state index contributed by atoms with van der Waals surface area (Å²) in [4.78, 5) is 8.52. The second-order valence-corrected chi connectivity index (χ2v) is 4.07. The van der Waals surface area contributed by atoms with E-state index in [1.165, 1.54) is 0 Å². The second kappa shape index (κ2) is 4.81. The Kier molecular flexibility index (Phi) is 3.40. The molecule has 2 aromatic heterocycles. The number of methoxy groups -OCH3 is 1. The molecule has 6 heteroatoms. The van der Waals surface area contributed by atoms with E-state index in [4.69, 9.17) is 16.3 Å². The molecule has 0 saturated carbocycles. The minimum absolute atomic E-state index is 0.198. The molecule has 17 heavy (non-hydrogen) atoms. The first kappa shape index (κ1) is 12.0. The fourth-order valence-electron chi connectivity index (χ4n) is 1.41. The molecule has 0 aliphatic carbocycles. The quantitative estimate of drug-likeness (QED) is 0.786. The first-order chi connectivity index (χ1) is 8.10. The van der Waals surface area contributed by atoms with Crippen LogP contribution in [0.4, 0.5) is 0 Å². The highest BCUT2D eigenvalue weighted by atomic mass is 35.5. The van der Waals surface area contributed by atoms with Crippen molar-refractivity contribution in [3.63, 3.8) is 0 Å². The molecular weight excluding hydrogens is 240 g/mol. The van der Waals surface area contributed by atoms with Crippen LogP contribution in [0.5, 0.6) is 0 Å². The molecule has 0 saturated heterocycles. The lowest BCUT2D eigenvalue weighted by atomic mass is 10.3. The molecule has 2 heterocycles.